The van der Waals surface area contributed by atoms with Gasteiger partial charge in [0.05, 0.1) is 4.90 Å². The number of aryl methyl sites for hydroxylation is 2. The van der Waals surface area contributed by atoms with Gasteiger partial charge in [-0.2, -0.15) is 0 Å². The topological polar surface area (TPSA) is 114 Å². The summed E-state index contributed by atoms with van der Waals surface area (Å²) in [5.74, 6) is -0.142. The Bertz CT molecular complexity index is 1010. The van der Waals surface area contributed by atoms with Crippen LogP contribution in [0.1, 0.15) is 24.5 Å². The number of hydrogen-bond acceptors (Lipinski definition) is 5. The minimum atomic E-state index is -3.69. The highest BCUT2D eigenvalue weighted by molar-refractivity contribution is 7.89. The Morgan fingerprint density at radius 3 is 2.50 bits per heavy atom. The minimum Gasteiger partial charge on any atom is -0.484 e. The maximum Gasteiger partial charge on any atom is 0.257 e. The van der Waals surface area contributed by atoms with E-state index in [1.165, 1.54) is 0 Å². The average Bonchev–Trinajstić information content (AvgIpc) is 2.66. The van der Waals surface area contributed by atoms with Crippen LogP contribution in [0.15, 0.2) is 47.4 Å². The monoisotopic (exact) mass is 433 g/mol. The molecule has 162 valence electrons. The van der Waals surface area contributed by atoms with Crippen LogP contribution in [0.3, 0.4) is 0 Å². The maximum absolute atomic E-state index is 12.4. The molecule has 0 fully saturated rings. The number of carbonyl (C=O) groups excluding carboxylic acids is 2. The van der Waals surface area contributed by atoms with E-state index < -0.39 is 10.0 Å². The van der Waals surface area contributed by atoms with Crippen molar-refractivity contribution in [3.05, 3.63) is 53.6 Å². The lowest BCUT2D eigenvalue weighted by Gasteiger charge is -2.11. The lowest BCUT2D eigenvalue weighted by molar-refractivity contribution is -0.123. The molecule has 0 saturated heterocycles. The molecule has 0 atom stereocenters. The van der Waals surface area contributed by atoms with E-state index in [9.17, 15) is 18.0 Å². The van der Waals surface area contributed by atoms with Crippen molar-refractivity contribution in [2.24, 2.45) is 0 Å². The minimum absolute atomic E-state index is 0.0329. The second kappa shape index (κ2) is 10.7. The molecule has 0 aliphatic rings. The van der Waals surface area contributed by atoms with Crippen molar-refractivity contribution in [3.8, 4) is 5.75 Å². The van der Waals surface area contributed by atoms with Crippen molar-refractivity contribution in [1.82, 2.24) is 10.0 Å². The van der Waals surface area contributed by atoms with Gasteiger partial charge in [-0.05, 0) is 44.5 Å². The molecule has 2 amide bonds. The zero-order valence-corrected chi connectivity index (χ0v) is 18.1. The fourth-order valence-corrected chi connectivity index (χ4v) is 4.02. The number of amides is 2. The Kier molecular flexibility index (Phi) is 8.37. The van der Waals surface area contributed by atoms with Crippen LogP contribution in [-0.4, -0.2) is 39.9 Å². The molecule has 2 aromatic carbocycles. The summed E-state index contributed by atoms with van der Waals surface area (Å²) in [5, 5.41) is 5.31. The lowest BCUT2D eigenvalue weighted by atomic mass is 10.2. The van der Waals surface area contributed by atoms with Gasteiger partial charge in [0.15, 0.2) is 6.61 Å². The normalized spacial score (nSPS) is 11.0. The van der Waals surface area contributed by atoms with Gasteiger partial charge < -0.3 is 15.4 Å². The first-order valence-corrected chi connectivity index (χ1v) is 11.1. The molecule has 0 heterocycles. The summed E-state index contributed by atoms with van der Waals surface area (Å²) < 4.78 is 32.7. The number of benzene rings is 2. The average molecular weight is 434 g/mol. The molecule has 0 saturated carbocycles. The molecular formula is C21H27N3O5S. The highest BCUT2D eigenvalue weighted by Gasteiger charge is 2.16. The summed E-state index contributed by atoms with van der Waals surface area (Å²) >= 11 is 0. The number of ether oxygens (including phenoxy) is 1. The molecule has 0 unspecified atom stereocenters. The third kappa shape index (κ3) is 7.16. The van der Waals surface area contributed by atoms with E-state index in [1.54, 1.807) is 49.4 Å². The van der Waals surface area contributed by atoms with Gasteiger partial charge in [0, 0.05) is 31.3 Å². The molecule has 0 aliphatic carbocycles. The molecule has 9 heteroatoms. The van der Waals surface area contributed by atoms with Crippen LogP contribution in [0.5, 0.6) is 5.75 Å². The van der Waals surface area contributed by atoms with Crippen LogP contribution in [0.4, 0.5) is 5.69 Å². The number of likely N-dealkylation sites (N-methyl/N-ethyl adjacent to an activating group) is 1. The standard InChI is InChI=1S/C21H27N3O5S/c1-4-22-21(26)14-29-18-7-5-6-17(13-18)24-20(25)10-11-23-30(27,28)19-9-8-15(2)12-16(19)3/h5-9,12-13,23H,4,10-11,14H2,1-3H3,(H,22,26)(H,24,25). The summed E-state index contributed by atoms with van der Waals surface area (Å²) in [6.45, 7) is 5.80. The van der Waals surface area contributed by atoms with Crippen molar-refractivity contribution in [1.29, 1.82) is 0 Å². The molecule has 2 rings (SSSR count). The molecule has 0 radical (unpaired) electrons. The van der Waals surface area contributed by atoms with Crippen LogP contribution in [0, 0.1) is 13.8 Å². The van der Waals surface area contributed by atoms with Gasteiger partial charge in [-0.1, -0.05) is 23.8 Å². The third-order valence-corrected chi connectivity index (χ3v) is 5.75. The number of anilines is 1. The second-order valence-electron chi connectivity index (χ2n) is 6.73. The maximum atomic E-state index is 12.4. The molecule has 30 heavy (non-hydrogen) atoms. The van der Waals surface area contributed by atoms with Crippen LogP contribution >= 0.6 is 0 Å². The molecule has 0 aliphatic heterocycles. The zero-order chi connectivity index (χ0) is 22.1. The summed E-state index contributed by atoms with van der Waals surface area (Å²) in [4.78, 5) is 23.8. The zero-order valence-electron chi connectivity index (χ0n) is 17.3. The van der Waals surface area contributed by atoms with E-state index >= 15 is 0 Å². The Hall–Kier alpha value is -2.91. The van der Waals surface area contributed by atoms with Gasteiger partial charge in [0.1, 0.15) is 5.75 Å². The van der Waals surface area contributed by atoms with Gasteiger partial charge in [0.25, 0.3) is 5.91 Å². The Morgan fingerprint density at radius 2 is 1.80 bits per heavy atom. The predicted molar refractivity (Wildman–Crippen MR) is 115 cm³/mol. The van der Waals surface area contributed by atoms with Crippen molar-refractivity contribution in [3.63, 3.8) is 0 Å². The molecule has 0 aromatic heterocycles. The first kappa shape index (κ1) is 23.4. The Balaban J connectivity index is 1.86. The van der Waals surface area contributed by atoms with Crippen LogP contribution in [0.25, 0.3) is 0 Å². The van der Waals surface area contributed by atoms with Gasteiger partial charge >= 0.3 is 0 Å². The number of hydrogen-bond donors (Lipinski definition) is 3. The van der Waals surface area contributed by atoms with Crippen LogP contribution < -0.4 is 20.1 Å². The van der Waals surface area contributed by atoms with Crippen molar-refractivity contribution >= 4 is 27.5 Å². The third-order valence-electron chi connectivity index (χ3n) is 4.13. The van der Waals surface area contributed by atoms with E-state index in [0.29, 0.717) is 23.5 Å². The highest BCUT2D eigenvalue weighted by atomic mass is 32.2. The molecule has 3 N–H and O–H groups in total. The number of sulfonamides is 1. The predicted octanol–water partition coefficient (Wildman–Crippen LogP) is 2.13. The fraction of sp³-hybridized carbons (Fsp3) is 0.333. The fourth-order valence-electron chi connectivity index (χ4n) is 2.76. The number of nitrogens with one attached hydrogen (secondary N) is 3. The van der Waals surface area contributed by atoms with E-state index in [0.717, 1.165) is 5.56 Å². The lowest BCUT2D eigenvalue weighted by Crippen LogP contribution is -2.28. The van der Waals surface area contributed by atoms with Crippen LogP contribution in [-0.2, 0) is 19.6 Å². The SMILES string of the molecule is CCNC(=O)COc1cccc(NC(=O)CCNS(=O)(=O)c2ccc(C)cc2C)c1. The van der Waals surface area contributed by atoms with E-state index in [-0.39, 0.29) is 36.3 Å². The molecule has 8 nitrogen and oxygen atoms in total. The summed E-state index contributed by atoms with van der Waals surface area (Å²) in [6.07, 6.45) is -0.0336. The van der Waals surface area contributed by atoms with Crippen molar-refractivity contribution < 1.29 is 22.7 Å². The van der Waals surface area contributed by atoms with E-state index in [2.05, 4.69) is 15.4 Å². The molecular weight excluding hydrogens is 406 g/mol. The van der Waals surface area contributed by atoms with Gasteiger partial charge in [0.2, 0.25) is 15.9 Å². The summed E-state index contributed by atoms with van der Waals surface area (Å²) in [7, 11) is -3.69. The quantitative estimate of drug-likeness (QED) is 0.531. The largest absolute Gasteiger partial charge is 0.484 e. The molecule has 0 spiro atoms. The molecule has 0 bridgehead atoms. The van der Waals surface area contributed by atoms with Crippen molar-refractivity contribution in [2.75, 3.05) is 25.0 Å². The van der Waals surface area contributed by atoms with E-state index in [4.69, 9.17) is 4.74 Å². The first-order valence-electron chi connectivity index (χ1n) is 9.57. The number of rotatable bonds is 10. The molecule has 2 aromatic rings. The Morgan fingerprint density at radius 1 is 1.03 bits per heavy atom. The van der Waals surface area contributed by atoms with Gasteiger partial charge in [-0.25, -0.2) is 13.1 Å². The van der Waals surface area contributed by atoms with Gasteiger partial charge in [-0.3, -0.25) is 9.59 Å². The second-order valence-corrected chi connectivity index (χ2v) is 8.47. The first-order chi connectivity index (χ1) is 14.2. The van der Waals surface area contributed by atoms with E-state index in [1.807, 2.05) is 13.8 Å². The van der Waals surface area contributed by atoms with Gasteiger partial charge in [-0.15, -0.1) is 0 Å². The van der Waals surface area contributed by atoms with Crippen LogP contribution in [0.2, 0.25) is 0 Å². The summed E-state index contributed by atoms with van der Waals surface area (Å²) in [5.41, 5.74) is 2.12. The van der Waals surface area contributed by atoms with Crippen molar-refractivity contribution in [2.45, 2.75) is 32.1 Å². The smallest absolute Gasteiger partial charge is 0.257 e. The Labute approximate surface area is 177 Å². The summed E-state index contributed by atoms with van der Waals surface area (Å²) in [6, 6.07) is 11.7. The highest BCUT2D eigenvalue weighted by Crippen LogP contribution is 2.18. The number of carbonyl (C=O) groups is 2.